The second-order valence-electron chi connectivity index (χ2n) is 6.96. The standard InChI is InChI=1S/C19H21F2N3O2S.ClH/c20-14-4-5-19(17(21)10-14)27(25,26)24-11-13-2-1-3-18(16(13)12-24)23-15-6-8-22-9-7-15;/h1-5,10,15,22-23H,6-9,11-12H2;1H. The number of benzene rings is 2. The van der Waals surface area contributed by atoms with Gasteiger partial charge in [0.25, 0.3) is 0 Å². The molecule has 0 spiro atoms. The number of halogens is 3. The average Bonchev–Trinajstić information content (AvgIpc) is 3.08. The predicted molar refractivity (Wildman–Crippen MR) is 106 cm³/mol. The van der Waals surface area contributed by atoms with E-state index in [1.165, 1.54) is 4.31 Å². The number of nitrogens with one attached hydrogen (secondary N) is 2. The molecule has 2 N–H and O–H groups in total. The summed E-state index contributed by atoms with van der Waals surface area (Å²) in [7, 11) is -4.05. The molecule has 0 radical (unpaired) electrons. The van der Waals surface area contributed by atoms with Gasteiger partial charge in [0, 0.05) is 30.9 Å². The number of hydrogen-bond acceptors (Lipinski definition) is 4. The molecule has 0 aliphatic carbocycles. The molecule has 2 heterocycles. The second-order valence-corrected chi connectivity index (χ2v) is 8.87. The fourth-order valence-corrected chi connectivity index (χ4v) is 5.14. The second kappa shape index (κ2) is 8.32. The molecule has 152 valence electrons. The van der Waals surface area contributed by atoms with Crippen molar-refractivity contribution >= 4 is 28.1 Å². The third kappa shape index (κ3) is 4.00. The summed E-state index contributed by atoms with van der Waals surface area (Å²) in [4.78, 5) is -0.496. The van der Waals surface area contributed by atoms with Crippen LogP contribution in [0.2, 0.25) is 0 Å². The molecular formula is C19H22ClF2N3O2S. The van der Waals surface area contributed by atoms with E-state index >= 15 is 0 Å². The van der Waals surface area contributed by atoms with Gasteiger partial charge in [0.15, 0.2) is 0 Å². The molecular weight excluding hydrogens is 408 g/mol. The highest BCUT2D eigenvalue weighted by Gasteiger charge is 2.34. The third-order valence-corrected chi connectivity index (χ3v) is 6.99. The molecule has 2 aromatic carbocycles. The lowest BCUT2D eigenvalue weighted by Gasteiger charge is -2.25. The van der Waals surface area contributed by atoms with Gasteiger partial charge in [0.05, 0.1) is 0 Å². The number of piperidine rings is 1. The Hall–Kier alpha value is -1.74. The van der Waals surface area contributed by atoms with E-state index in [2.05, 4.69) is 10.6 Å². The first-order valence-electron chi connectivity index (χ1n) is 8.98. The zero-order chi connectivity index (χ0) is 19.0. The van der Waals surface area contributed by atoms with Gasteiger partial charge in [-0.05, 0) is 55.3 Å². The molecule has 1 fully saturated rings. The van der Waals surface area contributed by atoms with Crippen LogP contribution in [0.15, 0.2) is 41.3 Å². The maximum Gasteiger partial charge on any atom is 0.246 e. The van der Waals surface area contributed by atoms with Gasteiger partial charge in [0.2, 0.25) is 10.0 Å². The lowest BCUT2D eigenvalue weighted by molar-refractivity contribution is 0.426. The van der Waals surface area contributed by atoms with Crippen molar-refractivity contribution in [1.29, 1.82) is 0 Å². The van der Waals surface area contributed by atoms with E-state index in [1.54, 1.807) is 0 Å². The minimum atomic E-state index is -4.05. The van der Waals surface area contributed by atoms with Crippen LogP contribution in [0.4, 0.5) is 14.5 Å². The van der Waals surface area contributed by atoms with E-state index in [0.29, 0.717) is 12.1 Å². The van der Waals surface area contributed by atoms with Gasteiger partial charge >= 0.3 is 0 Å². The molecule has 2 aromatic rings. The molecule has 0 bridgehead atoms. The molecule has 2 aliphatic rings. The van der Waals surface area contributed by atoms with E-state index in [1.807, 2.05) is 18.2 Å². The molecule has 0 atom stereocenters. The lowest BCUT2D eigenvalue weighted by atomic mass is 10.0. The molecule has 9 heteroatoms. The number of hydrogen-bond donors (Lipinski definition) is 2. The topological polar surface area (TPSA) is 61.4 Å². The fourth-order valence-electron chi connectivity index (χ4n) is 3.71. The molecule has 1 saturated heterocycles. The van der Waals surface area contributed by atoms with Gasteiger partial charge in [-0.2, -0.15) is 4.31 Å². The monoisotopic (exact) mass is 429 g/mol. The van der Waals surface area contributed by atoms with Gasteiger partial charge < -0.3 is 10.6 Å². The minimum absolute atomic E-state index is 0. The fraction of sp³-hybridized carbons (Fsp3) is 0.368. The minimum Gasteiger partial charge on any atom is -0.382 e. The van der Waals surface area contributed by atoms with Crippen molar-refractivity contribution in [2.24, 2.45) is 0 Å². The molecule has 0 saturated carbocycles. The Labute approximate surface area is 169 Å². The molecule has 28 heavy (non-hydrogen) atoms. The molecule has 2 aliphatic heterocycles. The first-order valence-corrected chi connectivity index (χ1v) is 10.4. The van der Waals surface area contributed by atoms with Gasteiger partial charge in [-0.25, -0.2) is 17.2 Å². The van der Waals surface area contributed by atoms with Crippen LogP contribution in [0.1, 0.15) is 24.0 Å². The summed E-state index contributed by atoms with van der Waals surface area (Å²) in [5.41, 5.74) is 2.75. The van der Waals surface area contributed by atoms with Crippen LogP contribution in [-0.2, 0) is 23.1 Å². The Morgan fingerprint density at radius 3 is 2.54 bits per heavy atom. The van der Waals surface area contributed by atoms with E-state index < -0.39 is 26.6 Å². The molecule has 0 unspecified atom stereocenters. The average molecular weight is 430 g/mol. The van der Waals surface area contributed by atoms with Crippen LogP contribution < -0.4 is 10.6 Å². The Balaban J connectivity index is 0.00000225. The number of fused-ring (bicyclic) bond motifs is 1. The quantitative estimate of drug-likeness (QED) is 0.783. The summed E-state index contributed by atoms with van der Waals surface area (Å²) in [6, 6.07) is 8.63. The number of rotatable bonds is 4. The molecule has 0 amide bonds. The van der Waals surface area contributed by atoms with Gasteiger partial charge in [0.1, 0.15) is 16.5 Å². The van der Waals surface area contributed by atoms with Crippen LogP contribution in [0, 0.1) is 11.6 Å². The third-order valence-electron chi connectivity index (χ3n) is 5.16. The molecule has 0 aromatic heterocycles. The maximum absolute atomic E-state index is 14.1. The molecule has 4 rings (SSSR count). The van der Waals surface area contributed by atoms with Gasteiger partial charge in [-0.1, -0.05) is 12.1 Å². The van der Waals surface area contributed by atoms with Crippen molar-refractivity contribution in [2.45, 2.75) is 36.9 Å². The maximum atomic E-state index is 14.1. The summed E-state index contributed by atoms with van der Waals surface area (Å²) in [5.74, 6) is -1.87. The van der Waals surface area contributed by atoms with Crippen molar-refractivity contribution in [3.05, 3.63) is 59.2 Å². The van der Waals surface area contributed by atoms with E-state index in [9.17, 15) is 17.2 Å². The zero-order valence-corrected chi connectivity index (χ0v) is 16.8. The summed E-state index contributed by atoms with van der Waals surface area (Å²) in [6.07, 6.45) is 2.01. The van der Waals surface area contributed by atoms with Crippen molar-refractivity contribution in [3.63, 3.8) is 0 Å². The Morgan fingerprint density at radius 1 is 1.07 bits per heavy atom. The van der Waals surface area contributed by atoms with Gasteiger partial charge in [-0.15, -0.1) is 12.4 Å². The van der Waals surface area contributed by atoms with E-state index in [4.69, 9.17) is 0 Å². The number of anilines is 1. The summed E-state index contributed by atoms with van der Waals surface area (Å²) < 4.78 is 54.2. The van der Waals surface area contributed by atoms with Crippen LogP contribution >= 0.6 is 12.4 Å². The number of sulfonamides is 1. The normalized spacial score (nSPS) is 17.8. The smallest absolute Gasteiger partial charge is 0.246 e. The van der Waals surface area contributed by atoms with Crippen LogP contribution in [0.3, 0.4) is 0 Å². The first kappa shape index (κ1) is 21.0. The Kier molecular flexibility index (Phi) is 6.24. The highest BCUT2D eigenvalue weighted by atomic mass is 35.5. The van der Waals surface area contributed by atoms with E-state index in [-0.39, 0.29) is 25.5 Å². The van der Waals surface area contributed by atoms with Crippen LogP contribution in [-0.4, -0.2) is 31.9 Å². The van der Waals surface area contributed by atoms with Crippen molar-refractivity contribution in [3.8, 4) is 0 Å². The van der Waals surface area contributed by atoms with Crippen molar-refractivity contribution in [2.75, 3.05) is 18.4 Å². The van der Waals surface area contributed by atoms with E-state index in [0.717, 1.165) is 54.9 Å². The highest BCUT2D eigenvalue weighted by molar-refractivity contribution is 7.89. The first-order chi connectivity index (χ1) is 12.9. The Bertz CT molecular complexity index is 966. The van der Waals surface area contributed by atoms with Gasteiger partial charge in [-0.3, -0.25) is 0 Å². The predicted octanol–water partition coefficient (Wildman–Crippen LogP) is 3.26. The van der Waals surface area contributed by atoms with Crippen molar-refractivity contribution < 1.29 is 17.2 Å². The Morgan fingerprint density at radius 2 is 1.82 bits per heavy atom. The summed E-state index contributed by atoms with van der Waals surface area (Å²) >= 11 is 0. The zero-order valence-electron chi connectivity index (χ0n) is 15.1. The van der Waals surface area contributed by atoms with Crippen LogP contribution in [0.5, 0.6) is 0 Å². The number of nitrogens with zero attached hydrogens (tertiary/aromatic N) is 1. The van der Waals surface area contributed by atoms with Crippen LogP contribution in [0.25, 0.3) is 0 Å². The lowest BCUT2D eigenvalue weighted by Crippen LogP contribution is -2.35. The highest BCUT2D eigenvalue weighted by Crippen LogP contribution is 2.34. The SMILES string of the molecule is Cl.O=S(=O)(c1ccc(F)cc1F)N1Cc2cccc(NC3CCNCC3)c2C1. The van der Waals surface area contributed by atoms with Crippen molar-refractivity contribution in [1.82, 2.24) is 9.62 Å². The summed E-state index contributed by atoms with van der Waals surface area (Å²) in [6.45, 7) is 2.26. The largest absolute Gasteiger partial charge is 0.382 e. The molecule has 5 nitrogen and oxygen atoms in total. The summed E-state index contributed by atoms with van der Waals surface area (Å²) in [5, 5.41) is 6.84.